The van der Waals surface area contributed by atoms with Crippen molar-refractivity contribution in [1.82, 2.24) is 19.7 Å². The highest BCUT2D eigenvalue weighted by molar-refractivity contribution is 5.97. The van der Waals surface area contributed by atoms with E-state index in [0.29, 0.717) is 18.9 Å². The van der Waals surface area contributed by atoms with Crippen molar-refractivity contribution >= 4 is 5.91 Å². The highest BCUT2D eigenvalue weighted by atomic mass is 19.3. The second-order valence-electron chi connectivity index (χ2n) is 5.39. The predicted molar refractivity (Wildman–Crippen MR) is 77.5 cm³/mol. The number of likely N-dealkylation sites (tertiary alicyclic amines) is 1. The molecule has 2 heterocycles. The highest BCUT2D eigenvalue weighted by Crippen LogP contribution is 2.27. The molecular weight excluding hydrogens is 306 g/mol. The smallest absolute Gasteiger partial charge is 0.387 e. The van der Waals surface area contributed by atoms with Gasteiger partial charge in [0.05, 0.1) is 11.6 Å². The van der Waals surface area contributed by atoms with Crippen LogP contribution >= 0.6 is 0 Å². The molecule has 6 nitrogen and oxygen atoms in total. The molecular formula is C15H16F2N4O2. The minimum atomic E-state index is -2.96. The van der Waals surface area contributed by atoms with E-state index in [-0.39, 0.29) is 23.3 Å². The lowest BCUT2D eigenvalue weighted by Gasteiger charge is -2.39. The largest absolute Gasteiger partial charge is 0.434 e. The van der Waals surface area contributed by atoms with Gasteiger partial charge < -0.3 is 9.64 Å². The van der Waals surface area contributed by atoms with Crippen molar-refractivity contribution in [2.45, 2.75) is 26.5 Å². The first-order valence-corrected chi connectivity index (χ1v) is 7.18. The number of carbonyl (C=O) groups excluding carboxylic acids is 1. The Morgan fingerprint density at radius 2 is 2.00 bits per heavy atom. The first kappa shape index (κ1) is 15.4. The summed E-state index contributed by atoms with van der Waals surface area (Å²) in [5.74, 6) is 1.04. The molecule has 0 atom stereocenters. The maximum atomic E-state index is 12.5. The molecule has 8 heteroatoms. The van der Waals surface area contributed by atoms with Crippen molar-refractivity contribution in [3.63, 3.8) is 0 Å². The van der Waals surface area contributed by atoms with Crippen LogP contribution in [0, 0.1) is 13.8 Å². The minimum absolute atomic E-state index is 0.0586. The third-order valence-corrected chi connectivity index (χ3v) is 3.74. The van der Waals surface area contributed by atoms with Crippen LogP contribution in [0.15, 0.2) is 24.3 Å². The monoisotopic (exact) mass is 322 g/mol. The number of aryl methyl sites for hydroxylation is 2. The summed E-state index contributed by atoms with van der Waals surface area (Å²) in [6.07, 6.45) is 0. The number of alkyl halides is 2. The molecule has 0 spiro atoms. The molecule has 3 rings (SSSR count). The Balaban J connectivity index is 1.71. The molecule has 23 heavy (non-hydrogen) atoms. The lowest BCUT2D eigenvalue weighted by molar-refractivity contribution is -0.0504. The minimum Gasteiger partial charge on any atom is -0.434 e. The number of aromatic nitrogens is 3. The van der Waals surface area contributed by atoms with Gasteiger partial charge in [-0.15, -0.1) is 0 Å². The molecule has 1 fully saturated rings. The van der Waals surface area contributed by atoms with Crippen LogP contribution in [0.25, 0.3) is 0 Å². The number of hydrogen-bond acceptors (Lipinski definition) is 4. The average Bonchev–Trinajstić information content (AvgIpc) is 2.76. The van der Waals surface area contributed by atoms with Gasteiger partial charge in [0, 0.05) is 13.1 Å². The zero-order valence-electron chi connectivity index (χ0n) is 12.7. The molecule has 1 aromatic carbocycles. The van der Waals surface area contributed by atoms with Crippen LogP contribution in [0.5, 0.6) is 5.75 Å². The van der Waals surface area contributed by atoms with E-state index in [4.69, 9.17) is 0 Å². The molecule has 0 N–H and O–H groups in total. The third kappa shape index (κ3) is 3.01. The van der Waals surface area contributed by atoms with Crippen molar-refractivity contribution in [2.24, 2.45) is 0 Å². The Labute approximate surface area is 131 Å². The van der Waals surface area contributed by atoms with Crippen LogP contribution in [-0.2, 0) is 0 Å². The molecule has 1 aromatic heterocycles. The molecule has 0 unspecified atom stereocenters. The number of nitrogens with zero attached hydrogens (tertiary/aromatic N) is 4. The summed E-state index contributed by atoms with van der Waals surface area (Å²) in [4.78, 5) is 18.3. The number of amides is 1. The second-order valence-corrected chi connectivity index (χ2v) is 5.39. The van der Waals surface area contributed by atoms with Crippen molar-refractivity contribution < 1.29 is 18.3 Å². The summed E-state index contributed by atoms with van der Waals surface area (Å²) >= 11 is 0. The van der Waals surface area contributed by atoms with E-state index in [9.17, 15) is 13.6 Å². The van der Waals surface area contributed by atoms with Crippen LogP contribution in [0.1, 0.15) is 28.0 Å². The average molecular weight is 322 g/mol. The Morgan fingerprint density at radius 1 is 1.30 bits per heavy atom. The molecule has 1 amide bonds. The first-order chi connectivity index (χ1) is 11.0. The van der Waals surface area contributed by atoms with Crippen molar-refractivity contribution in [3.8, 4) is 5.75 Å². The molecule has 0 saturated carbocycles. The fraction of sp³-hybridized carbons (Fsp3) is 0.400. The van der Waals surface area contributed by atoms with E-state index < -0.39 is 6.61 Å². The Hall–Kier alpha value is -2.51. The van der Waals surface area contributed by atoms with Crippen LogP contribution in [0.4, 0.5) is 8.78 Å². The van der Waals surface area contributed by atoms with Gasteiger partial charge in [-0.1, -0.05) is 12.1 Å². The second kappa shape index (κ2) is 5.94. The van der Waals surface area contributed by atoms with Gasteiger partial charge in [0.15, 0.2) is 0 Å². The third-order valence-electron chi connectivity index (χ3n) is 3.74. The topological polar surface area (TPSA) is 60.2 Å². The predicted octanol–water partition coefficient (Wildman–Crippen LogP) is 2.19. The van der Waals surface area contributed by atoms with Crippen LogP contribution in [0.3, 0.4) is 0 Å². The number of benzene rings is 1. The summed E-state index contributed by atoms with van der Waals surface area (Å²) in [5.41, 5.74) is 0.137. The maximum absolute atomic E-state index is 12.5. The van der Waals surface area contributed by atoms with E-state index >= 15 is 0 Å². The summed E-state index contributed by atoms with van der Waals surface area (Å²) in [6.45, 7) is 1.63. The molecule has 1 saturated heterocycles. The van der Waals surface area contributed by atoms with Crippen molar-refractivity contribution in [2.75, 3.05) is 13.1 Å². The van der Waals surface area contributed by atoms with Crippen LogP contribution < -0.4 is 4.74 Å². The van der Waals surface area contributed by atoms with Crippen LogP contribution in [-0.4, -0.2) is 45.3 Å². The van der Waals surface area contributed by atoms with Gasteiger partial charge in [-0.25, -0.2) is 9.67 Å². The van der Waals surface area contributed by atoms with Gasteiger partial charge in [0.25, 0.3) is 5.91 Å². The fourth-order valence-electron chi connectivity index (χ4n) is 2.67. The summed E-state index contributed by atoms with van der Waals surface area (Å²) in [6, 6.07) is 6.08. The number of rotatable bonds is 4. The van der Waals surface area contributed by atoms with Crippen molar-refractivity contribution in [3.05, 3.63) is 41.5 Å². The molecule has 122 valence electrons. The van der Waals surface area contributed by atoms with Gasteiger partial charge in [0.1, 0.15) is 17.4 Å². The molecule has 2 aromatic rings. The van der Waals surface area contributed by atoms with Gasteiger partial charge in [-0.05, 0) is 26.0 Å². The number of carbonyl (C=O) groups is 1. The maximum Gasteiger partial charge on any atom is 0.387 e. The number of halogens is 2. The number of para-hydroxylation sites is 1. The number of hydrogen-bond donors (Lipinski definition) is 0. The van der Waals surface area contributed by atoms with Gasteiger partial charge in [0.2, 0.25) is 0 Å². The van der Waals surface area contributed by atoms with E-state index in [1.807, 2.05) is 13.8 Å². The van der Waals surface area contributed by atoms with Crippen molar-refractivity contribution in [1.29, 1.82) is 0 Å². The number of ether oxygens (including phenoxy) is 1. The summed E-state index contributed by atoms with van der Waals surface area (Å²) in [5, 5.41) is 4.30. The highest BCUT2D eigenvalue weighted by Gasteiger charge is 2.35. The summed E-state index contributed by atoms with van der Waals surface area (Å²) < 4.78 is 31.1. The zero-order valence-corrected chi connectivity index (χ0v) is 12.7. The SMILES string of the molecule is Cc1nc(C)n(C2CN(C(=O)c3ccccc3OC(F)F)C2)n1. The van der Waals surface area contributed by atoms with Gasteiger partial charge in [-0.3, -0.25) is 4.79 Å². The zero-order chi connectivity index (χ0) is 16.6. The Kier molecular flexibility index (Phi) is 3.97. The normalized spacial score (nSPS) is 14.9. The van der Waals surface area contributed by atoms with E-state index in [2.05, 4.69) is 14.8 Å². The Morgan fingerprint density at radius 3 is 2.61 bits per heavy atom. The molecule has 0 bridgehead atoms. The van der Waals surface area contributed by atoms with Crippen LogP contribution in [0.2, 0.25) is 0 Å². The van der Waals surface area contributed by atoms with Gasteiger partial charge in [-0.2, -0.15) is 13.9 Å². The first-order valence-electron chi connectivity index (χ1n) is 7.18. The van der Waals surface area contributed by atoms with Gasteiger partial charge >= 0.3 is 6.61 Å². The molecule has 1 aliphatic rings. The quantitative estimate of drug-likeness (QED) is 0.866. The lowest BCUT2D eigenvalue weighted by Crippen LogP contribution is -2.51. The lowest BCUT2D eigenvalue weighted by atomic mass is 10.1. The van der Waals surface area contributed by atoms with E-state index in [1.165, 1.54) is 12.1 Å². The fourth-order valence-corrected chi connectivity index (χ4v) is 2.67. The standard InChI is InChI=1S/C15H16F2N4O2/c1-9-18-10(2)21(19-9)11-7-20(8-11)14(22)12-5-3-4-6-13(12)23-15(16)17/h3-6,11,15H,7-8H2,1-2H3. The summed E-state index contributed by atoms with van der Waals surface area (Å²) in [7, 11) is 0. The van der Waals surface area contributed by atoms with E-state index in [0.717, 1.165) is 5.82 Å². The van der Waals surface area contributed by atoms with E-state index in [1.54, 1.807) is 21.7 Å². The molecule has 0 radical (unpaired) electrons. The Bertz CT molecular complexity index is 726. The molecule has 1 aliphatic heterocycles. The molecule has 0 aliphatic carbocycles.